The molecule has 0 saturated heterocycles. The zero-order chi connectivity index (χ0) is 27.8. The van der Waals surface area contributed by atoms with Crippen LogP contribution >= 0.6 is 0 Å². The van der Waals surface area contributed by atoms with Crippen LogP contribution in [-0.4, -0.2) is 22.5 Å². The number of aromatic nitrogens is 2. The third-order valence-corrected chi connectivity index (χ3v) is 7.22. The highest BCUT2D eigenvalue weighted by Crippen LogP contribution is 2.21. The molecule has 1 aromatic carbocycles. The van der Waals surface area contributed by atoms with Crippen molar-refractivity contribution in [3.8, 4) is 22.9 Å². The Hall–Kier alpha value is -2.43. The fourth-order valence-electron chi connectivity index (χ4n) is 4.76. The van der Waals surface area contributed by atoms with Gasteiger partial charge in [0.15, 0.2) is 11.6 Å². The summed E-state index contributed by atoms with van der Waals surface area (Å²) in [5, 5.41) is 0. The van der Waals surface area contributed by atoms with Gasteiger partial charge in [-0.3, -0.25) is 4.79 Å². The number of nitrogens with zero attached hydrogens (tertiary/aromatic N) is 2. The Labute approximate surface area is 238 Å². The topological polar surface area (TPSA) is 61.3 Å². The number of carbonyl (C=O) groups is 1. The molecule has 5 heteroatoms. The SMILES string of the molecule is CCCCCCCCCCCCC(=O)Oc1cnc(-c2ccc(OCCCCCCCCCCC)cc2)nc1. The summed E-state index contributed by atoms with van der Waals surface area (Å²) >= 11 is 0. The van der Waals surface area contributed by atoms with Crippen molar-refractivity contribution in [2.45, 2.75) is 142 Å². The molecular formula is C34H54N2O3. The minimum atomic E-state index is -0.209. The molecule has 0 radical (unpaired) electrons. The van der Waals surface area contributed by atoms with Crippen LogP contribution in [0.4, 0.5) is 0 Å². The predicted molar refractivity (Wildman–Crippen MR) is 162 cm³/mol. The van der Waals surface area contributed by atoms with Crippen molar-refractivity contribution in [3.63, 3.8) is 0 Å². The average molecular weight is 539 g/mol. The first-order valence-corrected chi connectivity index (χ1v) is 16.0. The van der Waals surface area contributed by atoms with Crippen molar-refractivity contribution in [1.82, 2.24) is 9.97 Å². The molecule has 5 nitrogen and oxygen atoms in total. The van der Waals surface area contributed by atoms with E-state index in [0.29, 0.717) is 18.0 Å². The molecule has 0 amide bonds. The maximum absolute atomic E-state index is 12.2. The van der Waals surface area contributed by atoms with E-state index in [0.717, 1.165) is 37.2 Å². The van der Waals surface area contributed by atoms with E-state index in [1.165, 1.54) is 103 Å². The third kappa shape index (κ3) is 16.3. The van der Waals surface area contributed by atoms with E-state index in [-0.39, 0.29) is 5.97 Å². The second kappa shape index (κ2) is 22.4. The molecule has 39 heavy (non-hydrogen) atoms. The van der Waals surface area contributed by atoms with E-state index in [4.69, 9.17) is 9.47 Å². The lowest BCUT2D eigenvalue weighted by Gasteiger charge is -2.08. The highest BCUT2D eigenvalue weighted by atomic mass is 16.5. The van der Waals surface area contributed by atoms with Crippen molar-refractivity contribution < 1.29 is 14.3 Å². The van der Waals surface area contributed by atoms with Gasteiger partial charge >= 0.3 is 5.97 Å². The largest absolute Gasteiger partial charge is 0.494 e. The van der Waals surface area contributed by atoms with Gasteiger partial charge in [-0.1, -0.05) is 123 Å². The lowest BCUT2D eigenvalue weighted by atomic mass is 10.1. The molecule has 0 unspecified atom stereocenters. The molecule has 0 aliphatic rings. The van der Waals surface area contributed by atoms with Crippen LogP contribution in [0.3, 0.4) is 0 Å². The number of hydrogen-bond donors (Lipinski definition) is 0. The number of unbranched alkanes of at least 4 members (excludes halogenated alkanes) is 17. The molecule has 0 bridgehead atoms. The van der Waals surface area contributed by atoms with Gasteiger partial charge in [0.05, 0.1) is 19.0 Å². The quantitative estimate of drug-likeness (QED) is 0.0982. The Morgan fingerprint density at radius 2 is 1.05 bits per heavy atom. The fraction of sp³-hybridized carbons (Fsp3) is 0.676. The van der Waals surface area contributed by atoms with E-state index < -0.39 is 0 Å². The molecule has 0 aliphatic heterocycles. The van der Waals surface area contributed by atoms with Crippen molar-refractivity contribution in [3.05, 3.63) is 36.7 Å². The molecule has 0 atom stereocenters. The molecule has 218 valence electrons. The summed E-state index contributed by atoms with van der Waals surface area (Å²) in [6, 6.07) is 7.87. The number of esters is 1. The first kappa shape index (κ1) is 32.8. The Morgan fingerprint density at radius 1 is 0.590 bits per heavy atom. The number of rotatable bonds is 24. The van der Waals surface area contributed by atoms with E-state index in [1.807, 2.05) is 24.3 Å². The van der Waals surface area contributed by atoms with E-state index in [2.05, 4.69) is 23.8 Å². The van der Waals surface area contributed by atoms with Gasteiger partial charge in [0.25, 0.3) is 0 Å². The lowest BCUT2D eigenvalue weighted by molar-refractivity contribution is -0.134. The summed E-state index contributed by atoms with van der Waals surface area (Å²) in [7, 11) is 0. The minimum absolute atomic E-state index is 0.209. The smallest absolute Gasteiger partial charge is 0.311 e. The molecule has 0 N–H and O–H groups in total. The van der Waals surface area contributed by atoms with Crippen LogP contribution < -0.4 is 9.47 Å². The summed E-state index contributed by atoms with van der Waals surface area (Å²) in [6.07, 6.45) is 27.9. The summed E-state index contributed by atoms with van der Waals surface area (Å²) in [5.74, 6) is 1.67. The Bertz CT molecular complexity index is 852. The molecule has 2 rings (SSSR count). The van der Waals surface area contributed by atoms with Crippen LogP contribution in [0.1, 0.15) is 142 Å². The highest BCUT2D eigenvalue weighted by Gasteiger charge is 2.08. The van der Waals surface area contributed by atoms with Crippen LogP contribution in [0, 0.1) is 0 Å². The number of carbonyl (C=O) groups excluding carboxylic acids is 1. The zero-order valence-electron chi connectivity index (χ0n) is 24.9. The second-order valence-electron chi connectivity index (χ2n) is 10.8. The molecule has 1 aromatic heterocycles. The average Bonchev–Trinajstić information content (AvgIpc) is 2.96. The third-order valence-electron chi connectivity index (χ3n) is 7.22. The van der Waals surface area contributed by atoms with E-state index in [9.17, 15) is 4.79 Å². The Morgan fingerprint density at radius 3 is 1.56 bits per heavy atom. The molecule has 0 spiro atoms. The van der Waals surface area contributed by atoms with Gasteiger partial charge in [-0.05, 0) is 37.1 Å². The standard InChI is InChI=1S/C34H54N2O3/c1-3-5-7-9-11-13-14-16-18-20-22-33(37)39-32-28-35-34(36-29-32)30-23-25-31(26-24-30)38-27-21-19-17-15-12-10-8-6-4-2/h23-26,28-29H,3-22,27H2,1-2H3. The molecule has 1 heterocycles. The Kier molecular flexibility index (Phi) is 18.8. The summed E-state index contributed by atoms with van der Waals surface area (Å²) in [5.41, 5.74) is 0.911. The normalized spacial score (nSPS) is 11.0. The lowest BCUT2D eigenvalue weighted by Crippen LogP contribution is -2.08. The first-order chi connectivity index (χ1) is 19.2. The molecule has 2 aromatic rings. The maximum Gasteiger partial charge on any atom is 0.311 e. The number of benzene rings is 1. The van der Waals surface area contributed by atoms with Gasteiger partial charge in [-0.25, -0.2) is 9.97 Å². The second-order valence-corrected chi connectivity index (χ2v) is 10.8. The maximum atomic E-state index is 12.2. The molecule has 0 aliphatic carbocycles. The van der Waals surface area contributed by atoms with Crippen molar-refractivity contribution in [1.29, 1.82) is 0 Å². The molecular weight excluding hydrogens is 484 g/mol. The van der Waals surface area contributed by atoms with Crippen LogP contribution in [-0.2, 0) is 4.79 Å². The Balaban J connectivity index is 1.55. The fourth-order valence-corrected chi connectivity index (χ4v) is 4.76. The first-order valence-electron chi connectivity index (χ1n) is 16.0. The van der Waals surface area contributed by atoms with Gasteiger partial charge in [-0.15, -0.1) is 0 Å². The van der Waals surface area contributed by atoms with E-state index in [1.54, 1.807) is 12.4 Å². The van der Waals surface area contributed by atoms with Gasteiger partial charge < -0.3 is 9.47 Å². The summed E-state index contributed by atoms with van der Waals surface area (Å²) < 4.78 is 11.3. The van der Waals surface area contributed by atoms with Crippen LogP contribution in [0.5, 0.6) is 11.5 Å². The van der Waals surface area contributed by atoms with Crippen molar-refractivity contribution >= 4 is 5.97 Å². The highest BCUT2D eigenvalue weighted by molar-refractivity contribution is 5.72. The van der Waals surface area contributed by atoms with Gasteiger partial charge in [0, 0.05) is 12.0 Å². The predicted octanol–water partition coefficient (Wildman–Crippen LogP) is 10.3. The minimum Gasteiger partial charge on any atom is -0.494 e. The van der Waals surface area contributed by atoms with Crippen LogP contribution in [0.2, 0.25) is 0 Å². The number of hydrogen-bond acceptors (Lipinski definition) is 5. The molecule has 0 fully saturated rings. The number of ether oxygens (including phenoxy) is 2. The van der Waals surface area contributed by atoms with Crippen LogP contribution in [0.15, 0.2) is 36.7 Å². The van der Waals surface area contributed by atoms with Gasteiger partial charge in [0.1, 0.15) is 5.75 Å². The molecule has 0 saturated carbocycles. The van der Waals surface area contributed by atoms with Gasteiger partial charge in [-0.2, -0.15) is 0 Å². The zero-order valence-corrected chi connectivity index (χ0v) is 24.9. The van der Waals surface area contributed by atoms with Crippen molar-refractivity contribution in [2.24, 2.45) is 0 Å². The van der Waals surface area contributed by atoms with Gasteiger partial charge in [0.2, 0.25) is 0 Å². The van der Waals surface area contributed by atoms with E-state index >= 15 is 0 Å². The van der Waals surface area contributed by atoms with Crippen molar-refractivity contribution in [2.75, 3.05) is 6.61 Å². The monoisotopic (exact) mass is 538 g/mol. The van der Waals surface area contributed by atoms with Crippen LogP contribution in [0.25, 0.3) is 11.4 Å². The summed E-state index contributed by atoms with van der Waals surface area (Å²) in [6.45, 7) is 5.27. The summed E-state index contributed by atoms with van der Waals surface area (Å²) in [4.78, 5) is 20.9.